The number of hydrogen-bond acceptors (Lipinski definition) is 7. The van der Waals surface area contributed by atoms with Crippen LogP contribution in [-0.4, -0.2) is 49.5 Å². The van der Waals surface area contributed by atoms with Crippen LogP contribution >= 0.6 is 11.3 Å². The lowest BCUT2D eigenvalue weighted by atomic mass is 9.94. The Kier molecular flexibility index (Phi) is 6.27. The van der Waals surface area contributed by atoms with Gasteiger partial charge in [-0.2, -0.15) is 0 Å². The topological polar surface area (TPSA) is 85.2 Å². The molecule has 3 atom stereocenters. The van der Waals surface area contributed by atoms with E-state index in [-0.39, 0.29) is 12.4 Å². The quantitative estimate of drug-likeness (QED) is 0.523. The minimum Gasteiger partial charge on any atom is -0.493 e. The van der Waals surface area contributed by atoms with E-state index < -0.39 is 12.7 Å². The number of fused-ring (bicyclic) bond motifs is 3. The van der Waals surface area contributed by atoms with E-state index >= 15 is 0 Å². The summed E-state index contributed by atoms with van der Waals surface area (Å²) in [5.74, 6) is 2.81. The average molecular weight is 461 g/mol. The van der Waals surface area contributed by atoms with Crippen LogP contribution in [0.4, 0.5) is 0 Å². The molecule has 2 N–H and O–H groups in total. The van der Waals surface area contributed by atoms with Gasteiger partial charge in [0.25, 0.3) is 0 Å². The van der Waals surface area contributed by atoms with Gasteiger partial charge in [-0.25, -0.2) is 0 Å². The first-order valence-electron chi connectivity index (χ1n) is 11.0. The van der Waals surface area contributed by atoms with E-state index in [4.69, 9.17) is 19.3 Å². The fourth-order valence-corrected chi connectivity index (χ4v) is 6.38. The van der Waals surface area contributed by atoms with E-state index in [0.717, 1.165) is 16.9 Å². The summed E-state index contributed by atoms with van der Waals surface area (Å²) in [7, 11) is 3.06. The highest BCUT2D eigenvalue weighted by Crippen LogP contribution is 2.71. The molecule has 174 valence electrons. The summed E-state index contributed by atoms with van der Waals surface area (Å²) in [6.07, 6.45) is 1.02. The van der Waals surface area contributed by atoms with Crippen molar-refractivity contribution in [2.45, 2.75) is 52.1 Å². The Balaban J connectivity index is 1.48. The first kappa shape index (κ1) is 23.1. The van der Waals surface area contributed by atoms with Crippen LogP contribution in [0.15, 0.2) is 12.1 Å². The maximum Gasteiger partial charge on any atom is 0.203 e. The summed E-state index contributed by atoms with van der Waals surface area (Å²) in [4.78, 5) is 15.4. The highest BCUT2D eigenvalue weighted by molar-refractivity contribution is 7.14. The highest BCUT2D eigenvalue weighted by atomic mass is 32.1. The lowest BCUT2D eigenvalue weighted by molar-refractivity contribution is 0.0518. The lowest BCUT2D eigenvalue weighted by Crippen LogP contribution is -2.21. The van der Waals surface area contributed by atoms with Gasteiger partial charge in [-0.05, 0) is 65.8 Å². The number of aryl methyl sites for hydroxylation is 2. The van der Waals surface area contributed by atoms with Gasteiger partial charge in [0.15, 0.2) is 17.3 Å². The van der Waals surface area contributed by atoms with Crippen LogP contribution in [0.25, 0.3) is 0 Å². The van der Waals surface area contributed by atoms with Crippen molar-refractivity contribution in [2.24, 2.45) is 11.3 Å². The molecule has 1 heterocycles. The van der Waals surface area contributed by atoms with Crippen molar-refractivity contribution in [1.82, 2.24) is 0 Å². The molecular weight excluding hydrogens is 428 g/mol. The van der Waals surface area contributed by atoms with Gasteiger partial charge >= 0.3 is 0 Å². The van der Waals surface area contributed by atoms with E-state index in [1.165, 1.54) is 30.2 Å². The Morgan fingerprint density at radius 2 is 1.91 bits per heavy atom. The Morgan fingerprint density at radius 3 is 2.50 bits per heavy atom. The van der Waals surface area contributed by atoms with Gasteiger partial charge in [-0.3, -0.25) is 4.79 Å². The second kappa shape index (κ2) is 8.69. The molecule has 2 aliphatic rings. The van der Waals surface area contributed by atoms with Crippen molar-refractivity contribution < 1.29 is 29.2 Å². The smallest absolute Gasteiger partial charge is 0.203 e. The number of ketones is 1. The Morgan fingerprint density at radius 1 is 1.25 bits per heavy atom. The van der Waals surface area contributed by atoms with E-state index in [0.29, 0.717) is 47.3 Å². The molecule has 0 spiro atoms. The standard InChI is InChI=1S/C25H32O6S/c1-13-21-16(10-17-22(21)25(17,2)3)24(32-13)18(28)7-6-14-8-19(29-4)23(20(9-14)30-5)31-12-15(27)11-26/h8-9,15,17,22,26-27H,6-7,10-12H2,1-5H3/t15-,17-,22-/m1/s1. The van der Waals surface area contributed by atoms with E-state index in [1.54, 1.807) is 11.3 Å². The molecule has 1 fully saturated rings. The third kappa shape index (κ3) is 3.91. The highest BCUT2D eigenvalue weighted by Gasteiger charge is 2.63. The number of aliphatic hydroxyl groups is 2. The molecule has 6 nitrogen and oxygen atoms in total. The summed E-state index contributed by atoms with van der Waals surface area (Å²) < 4.78 is 16.5. The van der Waals surface area contributed by atoms with Crippen LogP contribution in [0.3, 0.4) is 0 Å². The normalized spacial score (nSPS) is 21.0. The fraction of sp³-hybridized carbons (Fsp3) is 0.560. The van der Waals surface area contributed by atoms with E-state index in [1.807, 2.05) is 12.1 Å². The molecule has 32 heavy (non-hydrogen) atoms. The molecule has 2 aromatic rings. The predicted octanol–water partition coefficient (Wildman–Crippen LogP) is 3.92. The van der Waals surface area contributed by atoms with Gasteiger partial charge in [0.2, 0.25) is 5.75 Å². The molecule has 0 saturated heterocycles. The summed E-state index contributed by atoms with van der Waals surface area (Å²) in [5, 5.41) is 18.6. The van der Waals surface area contributed by atoms with Gasteiger partial charge in [-0.1, -0.05) is 13.8 Å². The average Bonchev–Trinajstić information content (AvgIpc) is 3.10. The SMILES string of the molecule is COc1cc(CCC(=O)c2sc(C)c3c2C[C@@H]2[C@H]3C2(C)C)cc(OC)c1OC[C@H](O)CO. The molecule has 0 unspecified atom stereocenters. The molecule has 1 saturated carbocycles. The number of methoxy groups -OCH3 is 2. The largest absolute Gasteiger partial charge is 0.493 e. The van der Waals surface area contributed by atoms with Crippen LogP contribution in [0.2, 0.25) is 0 Å². The maximum atomic E-state index is 13.1. The summed E-state index contributed by atoms with van der Waals surface area (Å²) in [6.45, 7) is 6.35. The number of Topliss-reactive ketones (excluding diaryl/α,β-unsaturated/α-hetero) is 1. The monoisotopic (exact) mass is 460 g/mol. The molecular formula is C25H32O6S. The van der Waals surface area contributed by atoms with Crippen LogP contribution in [0.1, 0.15) is 57.4 Å². The van der Waals surface area contributed by atoms with Crippen molar-refractivity contribution >= 4 is 17.1 Å². The number of carbonyl (C=O) groups excluding carboxylic acids is 1. The molecule has 0 aliphatic heterocycles. The van der Waals surface area contributed by atoms with Crippen molar-refractivity contribution in [3.8, 4) is 17.2 Å². The Labute approximate surface area is 193 Å². The van der Waals surface area contributed by atoms with Gasteiger partial charge in [-0.15, -0.1) is 11.3 Å². The third-order valence-electron chi connectivity index (χ3n) is 7.06. The number of rotatable bonds is 10. The zero-order valence-electron chi connectivity index (χ0n) is 19.4. The van der Waals surface area contributed by atoms with Gasteiger partial charge < -0.3 is 24.4 Å². The Hall–Kier alpha value is -2.09. The van der Waals surface area contributed by atoms with Gasteiger partial charge in [0, 0.05) is 11.3 Å². The van der Waals surface area contributed by atoms with Crippen LogP contribution in [0.5, 0.6) is 17.2 Å². The number of ether oxygens (including phenoxy) is 3. The zero-order chi connectivity index (χ0) is 23.2. The number of hydrogen-bond donors (Lipinski definition) is 2. The molecule has 1 aromatic heterocycles. The second-order valence-corrected chi connectivity index (χ2v) is 10.6. The number of carbonyl (C=O) groups is 1. The number of benzene rings is 1. The van der Waals surface area contributed by atoms with E-state index in [2.05, 4.69) is 20.8 Å². The fourth-order valence-electron chi connectivity index (χ4n) is 5.18. The van der Waals surface area contributed by atoms with Crippen molar-refractivity contribution in [2.75, 3.05) is 27.4 Å². The Bertz CT molecular complexity index is 999. The molecule has 4 rings (SSSR count). The number of aliphatic hydroxyl groups excluding tert-OH is 2. The summed E-state index contributed by atoms with van der Waals surface area (Å²) in [6, 6.07) is 3.66. The zero-order valence-corrected chi connectivity index (χ0v) is 20.2. The van der Waals surface area contributed by atoms with Crippen LogP contribution in [-0.2, 0) is 12.8 Å². The third-order valence-corrected chi connectivity index (χ3v) is 8.27. The molecule has 0 amide bonds. The molecule has 0 bridgehead atoms. The maximum absolute atomic E-state index is 13.1. The summed E-state index contributed by atoms with van der Waals surface area (Å²) >= 11 is 1.66. The molecule has 1 aromatic carbocycles. The van der Waals surface area contributed by atoms with E-state index in [9.17, 15) is 9.90 Å². The molecule has 7 heteroatoms. The van der Waals surface area contributed by atoms with Crippen LogP contribution in [0, 0.1) is 18.3 Å². The molecule has 0 radical (unpaired) electrons. The minimum absolute atomic E-state index is 0.0807. The van der Waals surface area contributed by atoms with Gasteiger partial charge in [0.05, 0.1) is 25.7 Å². The van der Waals surface area contributed by atoms with Crippen molar-refractivity contribution in [3.63, 3.8) is 0 Å². The van der Waals surface area contributed by atoms with Crippen molar-refractivity contribution in [1.29, 1.82) is 0 Å². The first-order chi connectivity index (χ1) is 15.2. The number of thiophene rings is 1. The lowest BCUT2D eigenvalue weighted by Gasteiger charge is -2.17. The predicted molar refractivity (Wildman–Crippen MR) is 124 cm³/mol. The minimum atomic E-state index is -0.991. The second-order valence-electron chi connectivity index (χ2n) is 9.39. The first-order valence-corrected chi connectivity index (χ1v) is 11.9. The summed E-state index contributed by atoms with van der Waals surface area (Å²) in [5.41, 5.74) is 4.04. The van der Waals surface area contributed by atoms with Crippen LogP contribution < -0.4 is 14.2 Å². The van der Waals surface area contributed by atoms with Gasteiger partial charge in [0.1, 0.15) is 12.7 Å². The van der Waals surface area contributed by atoms with Crippen molar-refractivity contribution in [3.05, 3.63) is 38.6 Å². The molecule has 2 aliphatic carbocycles.